The van der Waals surface area contributed by atoms with Crippen LogP contribution < -0.4 is 0 Å². The Morgan fingerprint density at radius 3 is 2.44 bits per heavy atom. The van der Waals surface area contributed by atoms with Gasteiger partial charge in [-0.25, -0.2) is 0 Å². The van der Waals surface area contributed by atoms with Gasteiger partial charge in [0.05, 0.1) is 13.2 Å². The van der Waals surface area contributed by atoms with Crippen LogP contribution in [0.4, 0.5) is 0 Å². The average Bonchev–Trinajstić information content (AvgIpc) is 2.68. The second-order valence-corrected chi connectivity index (χ2v) is 4.47. The minimum atomic E-state index is 0.781. The lowest BCUT2D eigenvalue weighted by molar-refractivity contribution is 0.167. The van der Waals surface area contributed by atoms with Crippen LogP contribution in [0.5, 0.6) is 0 Å². The highest BCUT2D eigenvalue weighted by Gasteiger charge is 2.25. The number of hydrogen-bond donors (Lipinski definition) is 0. The predicted molar refractivity (Wildman–Crippen MR) is 66.2 cm³/mol. The van der Waals surface area contributed by atoms with Crippen molar-refractivity contribution in [1.29, 1.82) is 0 Å². The fraction of sp³-hybridized carbons (Fsp3) is 0.200. The van der Waals surface area contributed by atoms with Crippen molar-refractivity contribution >= 4 is 21.9 Å². The van der Waals surface area contributed by atoms with Crippen LogP contribution in [0.1, 0.15) is 17.5 Å². The maximum absolute atomic E-state index is 5.59. The first-order valence-electron chi connectivity index (χ1n) is 5.77. The van der Waals surface area contributed by atoms with Crippen molar-refractivity contribution < 1.29 is 4.74 Å². The highest BCUT2D eigenvalue weighted by molar-refractivity contribution is 6.14. The molecule has 0 saturated heterocycles. The number of fused-ring (bicyclic) bond motifs is 2. The summed E-state index contributed by atoms with van der Waals surface area (Å²) in [7, 11) is 0. The molecule has 0 bridgehead atoms. The monoisotopic (exact) mass is 208 g/mol. The molecule has 1 heteroatoms. The molecule has 0 fully saturated rings. The first-order valence-corrected chi connectivity index (χ1v) is 5.77. The van der Waals surface area contributed by atoms with E-state index in [0.717, 1.165) is 19.6 Å². The molecule has 1 aliphatic carbocycles. The molecular weight excluding hydrogens is 196 g/mol. The summed E-state index contributed by atoms with van der Waals surface area (Å²) >= 11 is 0. The summed E-state index contributed by atoms with van der Waals surface area (Å²) in [6, 6.07) is 13.2. The smallest absolute Gasteiger partial charge is 0.0725 e. The summed E-state index contributed by atoms with van der Waals surface area (Å²) in [6.45, 7) is 1.65. The lowest BCUT2D eigenvalue weighted by Crippen LogP contribution is -2.06. The minimum Gasteiger partial charge on any atom is -0.376 e. The number of benzene rings is 2. The Labute approximate surface area is 94.4 Å². The first-order chi connectivity index (χ1) is 7.95. The van der Waals surface area contributed by atoms with Crippen LogP contribution in [0.3, 0.4) is 0 Å². The fourth-order valence-electron chi connectivity index (χ4n) is 2.97. The Hall–Kier alpha value is -1.60. The molecule has 1 heterocycles. The first kappa shape index (κ1) is 8.54. The summed E-state index contributed by atoms with van der Waals surface area (Å²) in [5, 5.41) is 2.78. The molecule has 0 atom stereocenters. The molecule has 78 valence electrons. The molecule has 2 aliphatic rings. The third-order valence-corrected chi connectivity index (χ3v) is 3.66. The van der Waals surface area contributed by atoms with Crippen molar-refractivity contribution in [2.45, 2.75) is 6.42 Å². The van der Waals surface area contributed by atoms with Crippen LogP contribution in [0.25, 0.3) is 21.9 Å². The molecule has 2 aromatic carbocycles. The second kappa shape index (κ2) is 2.96. The zero-order valence-electron chi connectivity index (χ0n) is 8.99. The Bertz CT molecular complexity index is 572. The molecule has 1 aliphatic heterocycles. The molecule has 0 radical (unpaired) electrons. The average molecular weight is 208 g/mol. The van der Waals surface area contributed by atoms with Gasteiger partial charge in [0.1, 0.15) is 0 Å². The van der Waals surface area contributed by atoms with E-state index in [-0.39, 0.29) is 0 Å². The van der Waals surface area contributed by atoms with Gasteiger partial charge in [-0.15, -0.1) is 0 Å². The Kier molecular flexibility index (Phi) is 1.58. The standard InChI is InChI=1S/C15H12O/c1-3-10-4-2-6-13-14-9-16-8-7-11(14)12(5-1)15(10)13/h1-6H,7-9H2. The molecule has 0 saturated carbocycles. The Morgan fingerprint density at radius 2 is 1.62 bits per heavy atom. The van der Waals surface area contributed by atoms with E-state index >= 15 is 0 Å². The highest BCUT2D eigenvalue weighted by Crippen LogP contribution is 2.44. The summed E-state index contributed by atoms with van der Waals surface area (Å²) in [5.41, 5.74) is 5.75. The van der Waals surface area contributed by atoms with Crippen LogP contribution in [0.15, 0.2) is 36.4 Å². The van der Waals surface area contributed by atoms with E-state index in [1.807, 2.05) is 0 Å². The predicted octanol–water partition coefficient (Wildman–Crippen LogP) is 3.48. The highest BCUT2D eigenvalue weighted by atomic mass is 16.5. The van der Waals surface area contributed by atoms with Gasteiger partial charge < -0.3 is 4.74 Å². The summed E-state index contributed by atoms with van der Waals surface area (Å²) in [5.74, 6) is 0. The van der Waals surface area contributed by atoms with Gasteiger partial charge >= 0.3 is 0 Å². The van der Waals surface area contributed by atoms with Crippen molar-refractivity contribution in [3.63, 3.8) is 0 Å². The van der Waals surface area contributed by atoms with Crippen LogP contribution in [-0.4, -0.2) is 13.2 Å². The van der Waals surface area contributed by atoms with E-state index < -0.39 is 0 Å². The van der Waals surface area contributed by atoms with Gasteiger partial charge in [0.2, 0.25) is 0 Å². The largest absolute Gasteiger partial charge is 0.376 e. The van der Waals surface area contributed by atoms with Crippen molar-refractivity contribution in [3.8, 4) is 0 Å². The van der Waals surface area contributed by atoms with Gasteiger partial charge in [-0.3, -0.25) is 0 Å². The molecule has 1 nitrogen and oxygen atoms in total. The van der Waals surface area contributed by atoms with Crippen LogP contribution in [-0.2, 0) is 4.74 Å². The van der Waals surface area contributed by atoms with Crippen LogP contribution in [0, 0.1) is 0 Å². The van der Waals surface area contributed by atoms with E-state index in [4.69, 9.17) is 4.74 Å². The molecule has 0 N–H and O–H groups in total. The summed E-state index contributed by atoms with van der Waals surface area (Å²) < 4.78 is 5.59. The van der Waals surface area contributed by atoms with E-state index in [0.29, 0.717) is 0 Å². The fourth-order valence-corrected chi connectivity index (χ4v) is 2.97. The third kappa shape index (κ3) is 0.940. The number of ether oxygens (including phenoxy) is 1. The van der Waals surface area contributed by atoms with Gasteiger partial charge in [-0.05, 0) is 39.5 Å². The molecule has 4 rings (SSSR count). The minimum absolute atomic E-state index is 0.781. The molecule has 16 heavy (non-hydrogen) atoms. The van der Waals surface area contributed by atoms with Crippen LogP contribution in [0.2, 0.25) is 0 Å². The normalized spacial score (nSPS) is 18.0. The molecule has 0 unspecified atom stereocenters. The third-order valence-electron chi connectivity index (χ3n) is 3.66. The maximum Gasteiger partial charge on any atom is 0.0725 e. The van der Waals surface area contributed by atoms with E-state index in [1.54, 1.807) is 0 Å². The quantitative estimate of drug-likeness (QED) is 0.644. The van der Waals surface area contributed by atoms with E-state index in [1.165, 1.54) is 33.0 Å². The molecule has 0 aromatic heterocycles. The zero-order valence-corrected chi connectivity index (χ0v) is 8.99. The zero-order chi connectivity index (χ0) is 10.5. The van der Waals surface area contributed by atoms with Gasteiger partial charge in [-0.1, -0.05) is 36.4 Å². The summed E-state index contributed by atoms with van der Waals surface area (Å²) in [4.78, 5) is 0. The van der Waals surface area contributed by atoms with Gasteiger partial charge in [0, 0.05) is 0 Å². The van der Waals surface area contributed by atoms with Gasteiger partial charge in [-0.2, -0.15) is 0 Å². The Balaban J connectivity index is 2.16. The number of rotatable bonds is 0. The van der Waals surface area contributed by atoms with Crippen molar-refractivity contribution in [3.05, 3.63) is 47.5 Å². The van der Waals surface area contributed by atoms with E-state index in [9.17, 15) is 0 Å². The lowest BCUT2D eigenvalue weighted by atomic mass is 10.0. The summed E-state index contributed by atoms with van der Waals surface area (Å²) in [6.07, 6.45) is 1.06. The van der Waals surface area contributed by atoms with Gasteiger partial charge in [0.15, 0.2) is 0 Å². The van der Waals surface area contributed by atoms with E-state index in [2.05, 4.69) is 36.4 Å². The van der Waals surface area contributed by atoms with Crippen LogP contribution >= 0.6 is 0 Å². The van der Waals surface area contributed by atoms with Gasteiger partial charge in [0.25, 0.3) is 0 Å². The number of hydrogen-bond acceptors (Lipinski definition) is 1. The van der Waals surface area contributed by atoms with Crippen molar-refractivity contribution in [2.75, 3.05) is 13.2 Å². The van der Waals surface area contributed by atoms with Crippen molar-refractivity contribution in [2.24, 2.45) is 0 Å². The molecule has 0 amide bonds. The molecular formula is C15H12O. The van der Waals surface area contributed by atoms with Crippen molar-refractivity contribution in [1.82, 2.24) is 0 Å². The topological polar surface area (TPSA) is 9.23 Å². The molecule has 0 spiro atoms. The second-order valence-electron chi connectivity index (χ2n) is 4.47. The SMILES string of the molecule is c1cc2c3c(cccc3c1)C1=C2CCOC1. The Morgan fingerprint density at radius 1 is 0.875 bits per heavy atom. The lowest BCUT2D eigenvalue weighted by Gasteiger charge is -2.15. The molecule has 2 aromatic rings. The maximum atomic E-state index is 5.59.